The van der Waals surface area contributed by atoms with E-state index in [4.69, 9.17) is 4.63 Å². The number of anilines is 1. The topological polar surface area (TPSA) is 71.2 Å². The summed E-state index contributed by atoms with van der Waals surface area (Å²) >= 11 is 0. The molecule has 0 N–H and O–H groups in total. The number of hydrogen-bond donors (Lipinski definition) is 0. The van der Waals surface area contributed by atoms with Crippen LogP contribution in [0.3, 0.4) is 0 Å². The van der Waals surface area contributed by atoms with Crippen molar-refractivity contribution in [2.24, 2.45) is 11.8 Å². The minimum Gasteiger partial charge on any atom is -0.356 e. The van der Waals surface area contributed by atoms with Gasteiger partial charge in [0.2, 0.25) is 0 Å². The Bertz CT molecular complexity index is 658. The third-order valence-electron chi connectivity index (χ3n) is 4.80. The molecule has 0 radical (unpaired) electrons. The lowest BCUT2D eigenvalue weighted by molar-refractivity contribution is 0.275. The van der Waals surface area contributed by atoms with Gasteiger partial charge in [0.1, 0.15) is 23.5 Å². The highest BCUT2D eigenvalue weighted by atomic mass is 16.6. The fourth-order valence-corrected chi connectivity index (χ4v) is 3.62. The molecule has 2 saturated heterocycles. The van der Waals surface area contributed by atoms with Gasteiger partial charge in [-0.3, -0.25) is 4.90 Å². The molecule has 2 aromatic rings. The molecule has 4 heterocycles. The first kappa shape index (κ1) is 13.6. The predicted octanol–water partition coefficient (Wildman–Crippen LogP) is 1.04. The highest BCUT2D eigenvalue weighted by molar-refractivity contribution is 5.40. The molecule has 0 spiro atoms. The molecule has 2 unspecified atom stereocenters. The van der Waals surface area contributed by atoms with Gasteiger partial charge >= 0.3 is 0 Å². The Morgan fingerprint density at radius 1 is 1.09 bits per heavy atom. The summed E-state index contributed by atoms with van der Waals surface area (Å²) in [5, 5.41) is 7.85. The molecule has 0 amide bonds. The first-order chi connectivity index (χ1) is 10.7. The van der Waals surface area contributed by atoms with Crippen molar-refractivity contribution in [1.82, 2.24) is 25.2 Å². The molecule has 2 aliphatic heterocycles. The van der Waals surface area contributed by atoms with Crippen LogP contribution in [0.2, 0.25) is 0 Å². The van der Waals surface area contributed by atoms with E-state index < -0.39 is 0 Å². The maximum Gasteiger partial charge on any atom is 0.132 e. The van der Waals surface area contributed by atoms with E-state index in [0.717, 1.165) is 55.6 Å². The molecule has 22 heavy (non-hydrogen) atoms. The molecule has 7 heteroatoms. The zero-order valence-electron chi connectivity index (χ0n) is 12.9. The Morgan fingerprint density at radius 2 is 1.86 bits per heavy atom. The number of nitrogens with zero attached hydrogens (tertiary/aromatic N) is 6. The molecular weight excluding hydrogens is 280 g/mol. The smallest absolute Gasteiger partial charge is 0.132 e. The lowest BCUT2D eigenvalue weighted by Crippen LogP contribution is -2.29. The van der Waals surface area contributed by atoms with Gasteiger partial charge in [0.15, 0.2) is 0 Å². The summed E-state index contributed by atoms with van der Waals surface area (Å²) in [6.07, 6.45) is 1.66. The van der Waals surface area contributed by atoms with Crippen LogP contribution in [0.4, 0.5) is 5.82 Å². The third kappa shape index (κ3) is 2.45. The summed E-state index contributed by atoms with van der Waals surface area (Å²) in [5.74, 6) is 2.47. The van der Waals surface area contributed by atoms with E-state index in [2.05, 4.69) is 36.1 Å². The Hall–Kier alpha value is -2.02. The van der Waals surface area contributed by atoms with Crippen molar-refractivity contribution >= 4 is 5.82 Å². The Kier molecular flexibility index (Phi) is 3.29. The van der Waals surface area contributed by atoms with Crippen LogP contribution in [-0.2, 0) is 6.54 Å². The molecule has 4 rings (SSSR count). The lowest BCUT2D eigenvalue weighted by Gasteiger charge is -2.21. The van der Waals surface area contributed by atoms with Crippen LogP contribution in [0.1, 0.15) is 17.1 Å². The molecular formula is C15H20N6O. The number of likely N-dealkylation sites (tertiary alicyclic amines) is 1. The molecule has 2 atom stereocenters. The minimum absolute atomic E-state index is 0.704. The largest absolute Gasteiger partial charge is 0.356 e. The zero-order chi connectivity index (χ0) is 15.1. The second-order valence-electron chi connectivity index (χ2n) is 6.43. The van der Waals surface area contributed by atoms with Gasteiger partial charge in [0.25, 0.3) is 0 Å². The van der Waals surface area contributed by atoms with E-state index in [1.165, 1.54) is 0 Å². The van der Waals surface area contributed by atoms with Crippen molar-refractivity contribution in [3.8, 4) is 0 Å². The maximum atomic E-state index is 4.79. The highest BCUT2D eigenvalue weighted by Crippen LogP contribution is 2.33. The number of aryl methyl sites for hydroxylation is 2. The number of rotatable bonds is 3. The summed E-state index contributed by atoms with van der Waals surface area (Å²) in [6, 6.07) is 2.07. The number of hydrogen-bond acceptors (Lipinski definition) is 7. The summed E-state index contributed by atoms with van der Waals surface area (Å²) in [6.45, 7) is 9.17. The van der Waals surface area contributed by atoms with Crippen molar-refractivity contribution in [1.29, 1.82) is 0 Å². The monoisotopic (exact) mass is 300 g/mol. The van der Waals surface area contributed by atoms with Crippen molar-refractivity contribution in [3.63, 3.8) is 0 Å². The summed E-state index contributed by atoms with van der Waals surface area (Å²) in [7, 11) is 0. The van der Waals surface area contributed by atoms with E-state index in [9.17, 15) is 0 Å². The average Bonchev–Trinajstić information content (AvgIpc) is 3.15. The zero-order valence-corrected chi connectivity index (χ0v) is 12.9. The fraction of sp³-hybridized carbons (Fsp3) is 0.600. The fourth-order valence-electron chi connectivity index (χ4n) is 3.62. The second kappa shape index (κ2) is 5.31. The lowest BCUT2D eigenvalue weighted by atomic mass is 10.0. The van der Waals surface area contributed by atoms with Gasteiger partial charge in [0, 0.05) is 44.5 Å². The van der Waals surface area contributed by atoms with Crippen LogP contribution in [0.25, 0.3) is 0 Å². The van der Waals surface area contributed by atoms with E-state index in [-0.39, 0.29) is 0 Å². The second-order valence-corrected chi connectivity index (χ2v) is 6.43. The predicted molar refractivity (Wildman–Crippen MR) is 80.3 cm³/mol. The molecule has 7 nitrogen and oxygen atoms in total. The Balaban J connectivity index is 1.39. The van der Waals surface area contributed by atoms with Gasteiger partial charge < -0.3 is 4.90 Å². The standard InChI is InChI=1S/C15H20N6O/c1-10-3-15(17-9-16-10)21-6-12-4-20(5-13(12)7-21)8-14-11(2)18-22-19-14/h3,9,12-13H,4-8H2,1-2H3. The first-order valence-corrected chi connectivity index (χ1v) is 7.73. The molecule has 116 valence electrons. The van der Waals surface area contributed by atoms with Gasteiger partial charge in [-0.1, -0.05) is 10.3 Å². The van der Waals surface area contributed by atoms with Gasteiger partial charge in [-0.05, 0) is 25.7 Å². The normalized spacial score (nSPS) is 24.9. The van der Waals surface area contributed by atoms with Crippen LogP contribution in [-0.4, -0.2) is 51.4 Å². The molecule has 0 aliphatic carbocycles. The third-order valence-corrected chi connectivity index (χ3v) is 4.80. The minimum atomic E-state index is 0.704. The Labute approximate surface area is 129 Å². The van der Waals surface area contributed by atoms with Gasteiger partial charge in [-0.25, -0.2) is 14.6 Å². The molecule has 0 aromatic carbocycles. The van der Waals surface area contributed by atoms with Gasteiger partial charge in [-0.2, -0.15) is 0 Å². The van der Waals surface area contributed by atoms with Crippen LogP contribution >= 0.6 is 0 Å². The molecule has 0 bridgehead atoms. The van der Waals surface area contributed by atoms with Crippen LogP contribution in [0, 0.1) is 25.7 Å². The number of fused-ring (bicyclic) bond motifs is 1. The van der Waals surface area contributed by atoms with Gasteiger partial charge in [-0.15, -0.1) is 0 Å². The molecule has 2 aliphatic rings. The quantitative estimate of drug-likeness (QED) is 0.838. The van der Waals surface area contributed by atoms with Crippen molar-refractivity contribution in [2.75, 3.05) is 31.1 Å². The van der Waals surface area contributed by atoms with Gasteiger partial charge in [0.05, 0.1) is 0 Å². The number of aromatic nitrogens is 4. The summed E-state index contributed by atoms with van der Waals surface area (Å²) in [4.78, 5) is 13.4. The summed E-state index contributed by atoms with van der Waals surface area (Å²) in [5.41, 5.74) is 2.89. The van der Waals surface area contributed by atoms with Crippen LogP contribution in [0.5, 0.6) is 0 Å². The van der Waals surface area contributed by atoms with E-state index in [1.807, 2.05) is 13.8 Å². The Morgan fingerprint density at radius 3 is 2.50 bits per heavy atom. The first-order valence-electron chi connectivity index (χ1n) is 7.73. The molecule has 2 fully saturated rings. The maximum absolute atomic E-state index is 4.79. The van der Waals surface area contributed by atoms with E-state index >= 15 is 0 Å². The van der Waals surface area contributed by atoms with Crippen LogP contribution < -0.4 is 4.90 Å². The average molecular weight is 300 g/mol. The van der Waals surface area contributed by atoms with Crippen molar-refractivity contribution < 1.29 is 4.63 Å². The molecule has 0 saturated carbocycles. The van der Waals surface area contributed by atoms with Crippen LogP contribution in [0.15, 0.2) is 17.0 Å². The van der Waals surface area contributed by atoms with E-state index in [0.29, 0.717) is 11.8 Å². The molecule has 2 aromatic heterocycles. The van der Waals surface area contributed by atoms with Crippen molar-refractivity contribution in [2.45, 2.75) is 20.4 Å². The van der Waals surface area contributed by atoms with E-state index in [1.54, 1.807) is 6.33 Å². The SMILES string of the molecule is Cc1cc(N2CC3CN(Cc4nonc4C)CC3C2)ncn1. The highest BCUT2D eigenvalue weighted by Gasteiger charge is 2.40. The van der Waals surface area contributed by atoms with Crippen molar-refractivity contribution in [3.05, 3.63) is 29.5 Å². The summed E-state index contributed by atoms with van der Waals surface area (Å²) < 4.78 is 4.79.